The second kappa shape index (κ2) is 9.63. The molecule has 138 valence electrons. The van der Waals surface area contributed by atoms with Gasteiger partial charge >= 0.3 is 0 Å². The number of rotatable bonds is 4. The summed E-state index contributed by atoms with van der Waals surface area (Å²) >= 11 is 0. The Kier molecular flexibility index (Phi) is 8.53. The van der Waals surface area contributed by atoms with Crippen molar-refractivity contribution in [1.82, 2.24) is 15.6 Å². The highest BCUT2D eigenvalue weighted by molar-refractivity contribution is 14.0. The van der Waals surface area contributed by atoms with Crippen LogP contribution in [0.25, 0.3) is 0 Å². The fourth-order valence-electron chi connectivity index (χ4n) is 2.89. The van der Waals surface area contributed by atoms with E-state index in [1.165, 1.54) is 25.7 Å². The highest BCUT2D eigenvalue weighted by atomic mass is 127. The van der Waals surface area contributed by atoms with Crippen LogP contribution in [0.15, 0.2) is 15.6 Å². The molecule has 1 heterocycles. The van der Waals surface area contributed by atoms with Crippen LogP contribution in [0.5, 0.6) is 0 Å². The van der Waals surface area contributed by atoms with Crippen LogP contribution in [0.2, 0.25) is 0 Å². The molecule has 2 rings (SSSR count). The van der Waals surface area contributed by atoms with Gasteiger partial charge in [-0.3, -0.25) is 4.99 Å². The van der Waals surface area contributed by atoms with Crippen molar-refractivity contribution in [2.75, 3.05) is 13.6 Å². The van der Waals surface area contributed by atoms with Crippen LogP contribution in [0.1, 0.15) is 65.0 Å². The maximum Gasteiger partial charge on any atom is 0.213 e. The number of aromatic nitrogens is 1. The minimum Gasteiger partial charge on any atom is -0.443 e. The summed E-state index contributed by atoms with van der Waals surface area (Å²) in [6.07, 6.45) is 7.16. The van der Waals surface area contributed by atoms with E-state index in [0.717, 1.165) is 30.1 Å². The third kappa shape index (κ3) is 6.61. The van der Waals surface area contributed by atoms with Crippen molar-refractivity contribution in [3.05, 3.63) is 17.8 Å². The molecule has 6 heteroatoms. The first-order valence-electron chi connectivity index (χ1n) is 8.78. The summed E-state index contributed by atoms with van der Waals surface area (Å²) in [7, 11) is 1.80. The number of hydrogen-bond donors (Lipinski definition) is 2. The smallest absolute Gasteiger partial charge is 0.213 e. The van der Waals surface area contributed by atoms with Gasteiger partial charge in [0, 0.05) is 19.0 Å². The van der Waals surface area contributed by atoms with Crippen molar-refractivity contribution in [2.45, 2.75) is 65.3 Å². The van der Waals surface area contributed by atoms with E-state index in [4.69, 9.17) is 4.42 Å². The van der Waals surface area contributed by atoms with Gasteiger partial charge in [0.2, 0.25) is 5.89 Å². The van der Waals surface area contributed by atoms with E-state index >= 15 is 0 Å². The van der Waals surface area contributed by atoms with E-state index < -0.39 is 0 Å². The van der Waals surface area contributed by atoms with Crippen molar-refractivity contribution in [3.63, 3.8) is 0 Å². The maximum absolute atomic E-state index is 5.79. The Morgan fingerprint density at radius 1 is 1.25 bits per heavy atom. The Balaban J connectivity index is 0.00000288. The molecular weight excluding hydrogens is 415 g/mol. The monoisotopic (exact) mass is 448 g/mol. The van der Waals surface area contributed by atoms with Crippen LogP contribution in [-0.2, 0) is 12.0 Å². The van der Waals surface area contributed by atoms with Crippen molar-refractivity contribution in [1.29, 1.82) is 0 Å². The molecule has 1 aliphatic rings. The summed E-state index contributed by atoms with van der Waals surface area (Å²) < 4.78 is 5.79. The minimum absolute atomic E-state index is 0. The molecule has 1 aromatic heterocycles. The molecule has 2 N–H and O–H groups in total. The first-order valence-corrected chi connectivity index (χ1v) is 8.78. The number of oxazole rings is 1. The summed E-state index contributed by atoms with van der Waals surface area (Å²) in [5, 5.41) is 6.71. The molecule has 0 bridgehead atoms. The van der Waals surface area contributed by atoms with Gasteiger partial charge in [0.05, 0.1) is 12.7 Å². The van der Waals surface area contributed by atoms with Gasteiger partial charge in [-0.25, -0.2) is 4.98 Å². The number of aliphatic imine (C=N–C) groups is 1. The molecule has 0 radical (unpaired) electrons. The molecule has 5 nitrogen and oxygen atoms in total. The molecule has 0 aromatic carbocycles. The van der Waals surface area contributed by atoms with Crippen molar-refractivity contribution in [2.24, 2.45) is 16.8 Å². The zero-order valence-electron chi connectivity index (χ0n) is 15.7. The van der Waals surface area contributed by atoms with Crippen molar-refractivity contribution >= 4 is 29.9 Å². The first kappa shape index (κ1) is 21.3. The normalized spacial score (nSPS) is 22.0. The Labute approximate surface area is 163 Å². The van der Waals surface area contributed by atoms with Gasteiger partial charge in [-0.1, -0.05) is 40.5 Å². The second-order valence-electron chi connectivity index (χ2n) is 7.80. The van der Waals surface area contributed by atoms with E-state index in [9.17, 15) is 0 Å². The Morgan fingerprint density at radius 3 is 2.46 bits per heavy atom. The van der Waals surface area contributed by atoms with E-state index in [0.29, 0.717) is 12.4 Å². The van der Waals surface area contributed by atoms with E-state index in [1.807, 2.05) is 6.20 Å². The lowest BCUT2D eigenvalue weighted by Crippen LogP contribution is -2.40. The predicted octanol–water partition coefficient (Wildman–Crippen LogP) is 4.08. The standard InChI is InChI=1S/C18H32N4O.HI/c1-13-6-8-14(9-7-13)10-21-17(19-5)22-12-16-20-11-15(23-16)18(2,3)4;/h11,13-14H,6-10,12H2,1-5H3,(H2,19,21,22);1H. The molecular formula is C18H33IN4O. The van der Waals surface area contributed by atoms with Crippen LogP contribution in [-0.4, -0.2) is 24.5 Å². The maximum atomic E-state index is 5.79. The lowest BCUT2D eigenvalue weighted by molar-refractivity contribution is 0.289. The van der Waals surface area contributed by atoms with Crippen LogP contribution in [0.4, 0.5) is 0 Å². The summed E-state index contributed by atoms with van der Waals surface area (Å²) in [5.74, 6) is 4.08. The summed E-state index contributed by atoms with van der Waals surface area (Å²) in [6, 6.07) is 0. The van der Waals surface area contributed by atoms with Crippen LogP contribution in [0, 0.1) is 11.8 Å². The molecule has 1 aliphatic carbocycles. The third-order valence-electron chi connectivity index (χ3n) is 4.62. The SMILES string of the molecule is CN=C(NCc1ncc(C(C)(C)C)o1)NCC1CCC(C)CC1.I. The van der Waals surface area contributed by atoms with Crippen molar-refractivity contribution < 1.29 is 4.42 Å². The molecule has 0 unspecified atom stereocenters. The van der Waals surface area contributed by atoms with E-state index in [-0.39, 0.29) is 29.4 Å². The first-order chi connectivity index (χ1) is 10.9. The Hall–Kier alpha value is -0.790. The molecule has 0 spiro atoms. The average Bonchev–Trinajstić information content (AvgIpc) is 2.98. The third-order valence-corrected chi connectivity index (χ3v) is 4.62. The highest BCUT2D eigenvalue weighted by Gasteiger charge is 2.20. The molecule has 0 amide bonds. The lowest BCUT2D eigenvalue weighted by Gasteiger charge is -2.26. The molecule has 1 saturated carbocycles. The number of hydrogen-bond acceptors (Lipinski definition) is 3. The van der Waals surface area contributed by atoms with Gasteiger partial charge in [0.1, 0.15) is 5.76 Å². The van der Waals surface area contributed by atoms with Gasteiger partial charge in [0.25, 0.3) is 0 Å². The predicted molar refractivity (Wildman–Crippen MR) is 110 cm³/mol. The topological polar surface area (TPSA) is 62.5 Å². The van der Waals surface area contributed by atoms with Crippen LogP contribution < -0.4 is 10.6 Å². The lowest BCUT2D eigenvalue weighted by atomic mass is 9.83. The van der Waals surface area contributed by atoms with Crippen molar-refractivity contribution in [3.8, 4) is 0 Å². The fraction of sp³-hybridized carbons (Fsp3) is 0.778. The van der Waals surface area contributed by atoms with Gasteiger partial charge in [0.15, 0.2) is 5.96 Å². The van der Waals surface area contributed by atoms with Crippen LogP contribution >= 0.6 is 24.0 Å². The largest absolute Gasteiger partial charge is 0.443 e. The summed E-state index contributed by atoms with van der Waals surface area (Å²) in [5.41, 5.74) is -0.0106. The Morgan fingerprint density at radius 2 is 1.92 bits per heavy atom. The molecule has 24 heavy (non-hydrogen) atoms. The fourth-order valence-corrected chi connectivity index (χ4v) is 2.89. The number of nitrogens with one attached hydrogen (secondary N) is 2. The van der Waals surface area contributed by atoms with Gasteiger partial charge in [-0.05, 0) is 24.7 Å². The zero-order valence-corrected chi connectivity index (χ0v) is 18.0. The van der Waals surface area contributed by atoms with Gasteiger partial charge in [-0.2, -0.15) is 0 Å². The minimum atomic E-state index is -0.0106. The number of nitrogens with zero attached hydrogens (tertiary/aromatic N) is 2. The highest BCUT2D eigenvalue weighted by Crippen LogP contribution is 2.27. The zero-order chi connectivity index (χ0) is 16.9. The molecule has 0 atom stereocenters. The number of halogens is 1. The summed E-state index contributed by atoms with van der Waals surface area (Å²) in [4.78, 5) is 8.62. The quantitative estimate of drug-likeness (QED) is 0.414. The molecule has 0 aliphatic heterocycles. The second-order valence-corrected chi connectivity index (χ2v) is 7.80. The van der Waals surface area contributed by atoms with Gasteiger partial charge < -0.3 is 15.1 Å². The van der Waals surface area contributed by atoms with E-state index in [2.05, 4.69) is 48.3 Å². The number of guanidine groups is 1. The van der Waals surface area contributed by atoms with E-state index in [1.54, 1.807) is 7.05 Å². The average molecular weight is 448 g/mol. The molecule has 1 aromatic rings. The summed E-state index contributed by atoms with van der Waals surface area (Å²) in [6.45, 7) is 10.3. The molecule has 1 fully saturated rings. The van der Waals surface area contributed by atoms with Crippen LogP contribution in [0.3, 0.4) is 0 Å². The van der Waals surface area contributed by atoms with Gasteiger partial charge in [-0.15, -0.1) is 24.0 Å². The Bertz CT molecular complexity index is 513. The molecule has 0 saturated heterocycles.